The Morgan fingerprint density at radius 3 is 1.29 bits per heavy atom. The third-order valence-corrected chi connectivity index (χ3v) is 8.45. The molecule has 2 aliphatic carbocycles. The van der Waals surface area contributed by atoms with Gasteiger partial charge < -0.3 is 5.73 Å². The second-order valence-electron chi connectivity index (χ2n) is 10.3. The smallest absolute Gasteiger partial charge is 0.0731 e. The summed E-state index contributed by atoms with van der Waals surface area (Å²) in [5, 5.41) is 0. The fourth-order valence-electron chi connectivity index (χ4n) is 6.91. The summed E-state index contributed by atoms with van der Waals surface area (Å²) >= 11 is 0. The van der Waals surface area contributed by atoms with Crippen molar-refractivity contribution >= 4 is 5.69 Å². The van der Waals surface area contributed by atoms with Gasteiger partial charge in [0.15, 0.2) is 0 Å². The average molecular weight is 484 g/mol. The van der Waals surface area contributed by atoms with Crippen LogP contribution < -0.4 is 5.73 Å². The summed E-state index contributed by atoms with van der Waals surface area (Å²) in [4.78, 5) is 0. The summed E-state index contributed by atoms with van der Waals surface area (Å²) in [6, 6.07) is 50.8. The highest BCUT2D eigenvalue weighted by Gasteiger charge is 2.52. The van der Waals surface area contributed by atoms with Gasteiger partial charge in [-0.15, -0.1) is 0 Å². The molecule has 0 aliphatic heterocycles. The highest BCUT2D eigenvalue weighted by atomic mass is 14.5. The SMILES string of the molecule is Nc1ccc(-c2ccc(-c3cccc4c3C3(c5ccccc5-c5ccccc53)c3ccccc3-4)cc2)cc1. The van der Waals surface area contributed by atoms with Gasteiger partial charge >= 0.3 is 0 Å². The number of anilines is 1. The zero-order chi connectivity index (χ0) is 25.3. The normalized spacial score (nSPS) is 13.6. The minimum absolute atomic E-state index is 0.342. The highest BCUT2D eigenvalue weighted by Crippen LogP contribution is 2.64. The molecule has 2 aliphatic rings. The Hall–Kier alpha value is -4.88. The fourth-order valence-corrected chi connectivity index (χ4v) is 6.91. The maximum absolute atomic E-state index is 5.92. The second-order valence-corrected chi connectivity index (χ2v) is 10.3. The van der Waals surface area contributed by atoms with E-state index in [-0.39, 0.29) is 5.41 Å². The van der Waals surface area contributed by atoms with Crippen molar-refractivity contribution in [3.8, 4) is 44.5 Å². The van der Waals surface area contributed by atoms with Gasteiger partial charge in [0.05, 0.1) is 5.41 Å². The molecule has 0 unspecified atom stereocenters. The van der Waals surface area contributed by atoms with Crippen LogP contribution in [-0.4, -0.2) is 0 Å². The van der Waals surface area contributed by atoms with Gasteiger partial charge in [-0.05, 0) is 78.9 Å². The highest BCUT2D eigenvalue weighted by molar-refractivity contribution is 5.98. The molecular formula is C37H25N. The van der Waals surface area contributed by atoms with Crippen LogP contribution in [0.4, 0.5) is 5.69 Å². The van der Waals surface area contributed by atoms with Gasteiger partial charge in [-0.25, -0.2) is 0 Å². The lowest BCUT2D eigenvalue weighted by Gasteiger charge is -2.32. The average Bonchev–Trinajstić information content (AvgIpc) is 3.45. The van der Waals surface area contributed by atoms with Gasteiger partial charge in [-0.2, -0.15) is 0 Å². The molecule has 1 spiro atoms. The van der Waals surface area contributed by atoms with E-state index in [4.69, 9.17) is 5.73 Å². The standard InChI is InChI=1S/C37H25N/c38-27-22-20-25(21-23-27)24-16-18-26(19-17-24)28-11-7-12-32-31-10-3-6-15-35(31)37(36(28)32)33-13-4-1-8-29(33)30-9-2-5-14-34(30)37/h1-23H,38H2. The predicted molar refractivity (Wildman–Crippen MR) is 158 cm³/mol. The van der Waals surface area contributed by atoms with Crippen LogP contribution in [0.15, 0.2) is 140 Å². The summed E-state index contributed by atoms with van der Waals surface area (Å²) < 4.78 is 0. The summed E-state index contributed by atoms with van der Waals surface area (Å²) in [6.07, 6.45) is 0. The largest absolute Gasteiger partial charge is 0.399 e. The molecule has 0 aromatic heterocycles. The van der Waals surface area contributed by atoms with Crippen LogP contribution in [-0.2, 0) is 5.41 Å². The Morgan fingerprint density at radius 2 is 0.737 bits per heavy atom. The van der Waals surface area contributed by atoms with E-state index in [9.17, 15) is 0 Å². The van der Waals surface area contributed by atoms with E-state index in [2.05, 4.69) is 127 Å². The van der Waals surface area contributed by atoms with E-state index in [1.54, 1.807) is 0 Å². The first-order valence-corrected chi connectivity index (χ1v) is 13.2. The number of hydrogen-bond donors (Lipinski definition) is 1. The van der Waals surface area contributed by atoms with Gasteiger partial charge in [0.2, 0.25) is 0 Å². The van der Waals surface area contributed by atoms with E-state index in [0.29, 0.717) is 0 Å². The number of hydrogen-bond acceptors (Lipinski definition) is 1. The maximum atomic E-state index is 5.92. The van der Waals surface area contributed by atoms with Crippen LogP contribution in [0.1, 0.15) is 22.3 Å². The number of fused-ring (bicyclic) bond motifs is 10. The third-order valence-electron chi connectivity index (χ3n) is 8.45. The molecule has 1 nitrogen and oxygen atoms in total. The minimum atomic E-state index is -0.342. The van der Waals surface area contributed by atoms with Gasteiger partial charge in [-0.3, -0.25) is 0 Å². The Kier molecular flexibility index (Phi) is 4.36. The van der Waals surface area contributed by atoms with E-state index in [1.165, 1.54) is 66.8 Å². The lowest BCUT2D eigenvalue weighted by molar-refractivity contribution is 0.796. The van der Waals surface area contributed by atoms with Gasteiger partial charge in [0.25, 0.3) is 0 Å². The third kappa shape index (κ3) is 2.71. The Balaban J connectivity index is 1.42. The molecular weight excluding hydrogens is 458 g/mol. The van der Waals surface area contributed by atoms with Crippen molar-refractivity contribution in [3.63, 3.8) is 0 Å². The van der Waals surface area contributed by atoms with Crippen molar-refractivity contribution in [2.24, 2.45) is 0 Å². The van der Waals surface area contributed by atoms with Crippen molar-refractivity contribution in [2.75, 3.05) is 5.73 Å². The molecule has 178 valence electrons. The van der Waals surface area contributed by atoms with Crippen LogP contribution in [0.3, 0.4) is 0 Å². The van der Waals surface area contributed by atoms with Crippen molar-refractivity contribution < 1.29 is 0 Å². The first kappa shape index (κ1) is 21.2. The molecule has 6 aromatic rings. The topological polar surface area (TPSA) is 26.0 Å². The molecule has 0 fully saturated rings. The van der Waals surface area contributed by atoms with Crippen LogP contribution in [0.2, 0.25) is 0 Å². The molecule has 0 atom stereocenters. The Labute approximate surface area is 222 Å². The molecule has 1 heteroatoms. The first-order valence-electron chi connectivity index (χ1n) is 13.2. The van der Waals surface area contributed by atoms with E-state index in [1.807, 2.05) is 12.1 Å². The predicted octanol–water partition coefficient (Wildman–Crippen LogP) is 8.95. The van der Waals surface area contributed by atoms with Gasteiger partial charge in [0.1, 0.15) is 0 Å². The summed E-state index contributed by atoms with van der Waals surface area (Å²) in [5.41, 5.74) is 22.1. The van der Waals surface area contributed by atoms with Crippen LogP contribution >= 0.6 is 0 Å². The van der Waals surface area contributed by atoms with Crippen molar-refractivity contribution in [1.82, 2.24) is 0 Å². The zero-order valence-corrected chi connectivity index (χ0v) is 20.9. The summed E-state index contributed by atoms with van der Waals surface area (Å²) in [5.74, 6) is 0. The quantitative estimate of drug-likeness (QED) is 0.244. The van der Waals surface area contributed by atoms with Crippen LogP contribution in [0, 0.1) is 0 Å². The van der Waals surface area contributed by atoms with Crippen LogP contribution in [0.5, 0.6) is 0 Å². The molecule has 0 radical (unpaired) electrons. The Morgan fingerprint density at radius 1 is 0.342 bits per heavy atom. The summed E-state index contributed by atoms with van der Waals surface area (Å²) in [7, 11) is 0. The van der Waals surface area contributed by atoms with Crippen molar-refractivity contribution in [1.29, 1.82) is 0 Å². The monoisotopic (exact) mass is 483 g/mol. The zero-order valence-electron chi connectivity index (χ0n) is 20.9. The van der Waals surface area contributed by atoms with Gasteiger partial charge in [0, 0.05) is 5.69 Å². The van der Waals surface area contributed by atoms with Crippen molar-refractivity contribution in [2.45, 2.75) is 5.41 Å². The molecule has 2 N–H and O–H groups in total. The molecule has 38 heavy (non-hydrogen) atoms. The molecule has 0 amide bonds. The number of benzene rings is 6. The lowest BCUT2D eigenvalue weighted by Crippen LogP contribution is -2.26. The molecule has 0 bridgehead atoms. The van der Waals surface area contributed by atoms with E-state index < -0.39 is 0 Å². The fraction of sp³-hybridized carbons (Fsp3) is 0.0270. The van der Waals surface area contributed by atoms with Crippen molar-refractivity contribution in [3.05, 3.63) is 162 Å². The molecule has 8 rings (SSSR count). The number of nitrogen functional groups attached to an aromatic ring is 1. The number of rotatable bonds is 2. The maximum Gasteiger partial charge on any atom is 0.0731 e. The van der Waals surface area contributed by atoms with Crippen LogP contribution in [0.25, 0.3) is 44.5 Å². The van der Waals surface area contributed by atoms with Gasteiger partial charge in [-0.1, -0.05) is 127 Å². The minimum Gasteiger partial charge on any atom is -0.399 e. The van der Waals surface area contributed by atoms with E-state index >= 15 is 0 Å². The second kappa shape index (κ2) is 7.81. The molecule has 0 heterocycles. The summed E-state index contributed by atoms with van der Waals surface area (Å²) in [6.45, 7) is 0. The molecule has 0 saturated carbocycles. The first-order chi connectivity index (χ1) is 18.8. The molecule has 6 aromatic carbocycles. The lowest BCUT2D eigenvalue weighted by atomic mass is 9.68. The molecule has 0 saturated heterocycles. The van der Waals surface area contributed by atoms with E-state index in [0.717, 1.165) is 5.69 Å². The number of nitrogens with two attached hydrogens (primary N) is 1. The Bertz CT molecular complexity index is 1800.